The molecule has 0 aromatic heterocycles. The molecule has 0 fully saturated rings. The smallest absolute Gasteiger partial charge is 0.259 e. The van der Waals surface area contributed by atoms with Gasteiger partial charge in [-0.1, -0.05) is 39.7 Å². The Labute approximate surface area is 140 Å². The Balaban J connectivity index is 2.36. The van der Waals surface area contributed by atoms with Gasteiger partial charge >= 0.3 is 0 Å². The third-order valence-corrected chi connectivity index (χ3v) is 3.65. The molecular formula is C14H10BrClN2O2S. The number of nitrogens with one attached hydrogen (secondary N) is 1. The lowest BCUT2D eigenvalue weighted by Gasteiger charge is -2.11. The van der Waals surface area contributed by atoms with Gasteiger partial charge in [0.25, 0.3) is 5.91 Å². The maximum Gasteiger partial charge on any atom is 0.259 e. The van der Waals surface area contributed by atoms with Crippen LogP contribution in [0.15, 0.2) is 40.9 Å². The molecule has 0 aliphatic heterocycles. The first-order chi connectivity index (χ1) is 9.88. The summed E-state index contributed by atoms with van der Waals surface area (Å²) in [6.45, 7) is 0. The number of anilines is 1. The molecule has 0 aliphatic rings. The van der Waals surface area contributed by atoms with Crippen LogP contribution in [0.25, 0.3) is 0 Å². The van der Waals surface area contributed by atoms with E-state index in [4.69, 9.17) is 29.6 Å². The lowest BCUT2D eigenvalue weighted by atomic mass is 10.1. The fourth-order valence-electron chi connectivity index (χ4n) is 1.71. The molecule has 0 saturated heterocycles. The lowest BCUT2D eigenvalue weighted by Crippen LogP contribution is -2.17. The highest BCUT2D eigenvalue weighted by molar-refractivity contribution is 9.10. The van der Waals surface area contributed by atoms with Gasteiger partial charge in [-0.25, -0.2) is 0 Å². The van der Waals surface area contributed by atoms with Gasteiger partial charge in [-0.05, 0) is 36.4 Å². The summed E-state index contributed by atoms with van der Waals surface area (Å²) in [6, 6.07) is 9.34. The average Bonchev–Trinajstić information content (AvgIpc) is 2.43. The van der Waals surface area contributed by atoms with Crippen LogP contribution in [0.5, 0.6) is 5.75 Å². The van der Waals surface area contributed by atoms with E-state index in [9.17, 15) is 9.90 Å². The lowest BCUT2D eigenvalue weighted by molar-refractivity contribution is 0.102. The van der Waals surface area contributed by atoms with Gasteiger partial charge in [0, 0.05) is 15.1 Å². The molecule has 2 rings (SSSR count). The molecule has 0 saturated carbocycles. The van der Waals surface area contributed by atoms with E-state index in [0.717, 1.165) is 4.47 Å². The molecule has 2 aromatic carbocycles. The zero-order chi connectivity index (χ0) is 15.6. The predicted octanol–water partition coefficient (Wildman–Crippen LogP) is 3.69. The Hall–Kier alpha value is -1.63. The number of benzene rings is 2. The third kappa shape index (κ3) is 3.72. The molecule has 108 valence electrons. The molecule has 2 aromatic rings. The van der Waals surface area contributed by atoms with Crippen LogP contribution in [0.1, 0.15) is 15.9 Å². The van der Waals surface area contributed by atoms with Crippen LogP contribution in [0.4, 0.5) is 5.69 Å². The number of rotatable bonds is 3. The maximum absolute atomic E-state index is 12.2. The minimum absolute atomic E-state index is 0.0688. The van der Waals surface area contributed by atoms with Gasteiger partial charge in [-0.15, -0.1) is 0 Å². The molecule has 7 heteroatoms. The number of phenols is 1. The van der Waals surface area contributed by atoms with Crippen LogP contribution in [0, 0.1) is 0 Å². The van der Waals surface area contributed by atoms with Crippen molar-refractivity contribution in [3.05, 3.63) is 57.0 Å². The monoisotopic (exact) mass is 384 g/mol. The van der Waals surface area contributed by atoms with E-state index >= 15 is 0 Å². The Morgan fingerprint density at radius 1 is 1.24 bits per heavy atom. The number of amides is 1. The van der Waals surface area contributed by atoms with Crippen molar-refractivity contribution in [3.63, 3.8) is 0 Å². The van der Waals surface area contributed by atoms with E-state index in [1.807, 2.05) is 0 Å². The number of carbonyl (C=O) groups excluding carboxylic acids is 1. The molecule has 0 aliphatic carbocycles. The zero-order valence-electron chi connectivity index (χ0n) is 10.6. The summed E-state index contributed by atoms with van der Waals surface area (Å²) in [5.74, 6) is -0.666. The highest BCUT2D eigenvalue weighted by atomic mass is 79.9. The number of carbonyl (C=O) groups is 1. The highest BCUT2D eigenvalue weighted by Gasteiger charge is 2.14. The summed E-state index contributed by atoms with van der Waals surface area (Å²) in [6.07, 6.45) is 0. The molecule has 0 bridgehead atoms. The van der Waals surface area contributed by atoms with E-state index in [0.29, 0.717) is 16.3 Å². The zero-order valence-corrected chi connectivity index (χ0v) is 13.7. The maximum atomic E-state index is 12.2. The summed E-state index contributed by atoms with van der Waals surface area (Å²) in [7, 11) is 0. The molecule has 0 atom stereocenters. The second kappa shape index (κ2) is 6.43. The van der Waals surface area contributed by atoms with E-state index in [2.05, 4.69) is 21.2 Å². The fourth-order valence-corrected chi connectivity index (χ4v) is 2.41. The SMILES string of the molecule is NC(=S)c1cc(Br)ccc1NC(=O)c1cc(Cl)ccc1O. The van der Waals surface area contributed by atoms with Crippen molar-refractivity contribution in [1.29, 1.82) is 0 Å². The van der Waals surface area contributed by atoms with Crippen molar-refractivity contribution < 1.29 is 9.90 Å². The Bertz CT molecular complexity index is 737. The topological polar surface area (TPSA) is 75.3 Å². The summed E-state index contributed by atoms with van der Waals surface area (Å²) in [4.78, 5) is 12.4. The standard InChI is InChI=1S/C14H10BrClN2O2S/c15-7-1-3-11(9(5-7)13(17)21)18-14(20)10-6-8(16)2-4-12(10)19/h1-6,19H,(H2,17,21)(H,18,20). The summed E-state index contributed by atoms with van der Waals surface area (Å²) in [5.41, 5.74) is 6.69. The largest absolute Gasteiger partial charge is 0.507 e. The molecule has 21 heavy (non-hydrogen) atoms. The first-order valence-corrected chi connectivity index (χ1v) is 7.35. The number of hydrogen-bond donors (Lipinski definition) is 3. The quantitative estimate of drug-likeness (QED) is 0.704. The number of halogens is 2. The number of thiocarbonyl (C=S) groups is 1. The van der Waals surface area contributed by atoms with Gasteiger partial charge in [-0.3, -0.25) is 4.79 Å². The number of hydrogen-bond acceptors (Lipinski definition) is 3. The van der Waals surface area contributed by atoms with Crippen molar-refractivity contribution in [1.82, 2.24) is 0 Å². The Kier molecular flexibility index (Phi) is 4.82. The second-order valence-electron chi connectivity index (χ2n) is 4.17. The molecule has 4 nitrogen and oxygen atoms in total. The van der Waals surface area contributed by atoms with Crippen LogP contribution < -0.4 is 11.1 Å². The fraction of sp³-hybridized carbons (Fsp3) is 0. The average molecular weight is 386 g/mol. The molecule has 0 heterocycles. The highest BCUT2D eigenvalue weighted by Crippen LogP contribution is 2.25. The summed E-state index contributed by atoms with van der Waals surface area (Å²) in [5, 5.41) is 12.7. The second-order valence-corrected chi connectivity index (χ2v) is 5.96. The van der Waals surface area contributed by atoms with Gasteiger partial charge in [0.2, 0.25) is 0 Å². The van der Waals surface area contributed by atoms with Gasteiger partial charge in [0.05, 0.1) is 11.3 Å². The predicted molar refractivity (Wildman–Crippen MR) is 91.1 cm³/mol. The molecule has 0 radical (unpaired) electrons. The van der Waals surface area contributed by atoms with Crippen LogP contribution in [-0.2, 0) is 0 Å². The van der Waals surface area contributed by atoms with E-state index < -0.39 is 5.91 Å². The summed E-state index contributed by atoms with van der Waals surface area (Å²) >= 11 is 14.1. The van der Waals surface area contributed by atoms with E-state index in [1.165, 1.54) is 18.2 Å². The molecule has 4 N–H and O–H groups in total. The number of phenolic OH excluding ortho intramolecular Hbond substituents is 1. The number of aromatic hydroxyl groups is 1. The number of nitrogens with two attached hydrogens (primary N) is 1. The van der Waals surface area contributed by atoms with Crippen molar-refractivity contribution >= 4 is 56.3 Å². The van der Waals surface area contributed by atoms with Crippen molar-refractivity contribution in [2.45, 2.75) is 0 Å². The van der Waals surface area contributed by atoms with E-state index in [-0.39, 0.29) is 16.3 Å². The molecular weight excluding hydrogens is 376 g/mol. The van der Waals surface area contributed by atoms with Gasteiger partial charge in [0.1, 0.15) is 10.7 Å². The molecule has 0 spiro atoms. The van der Waals surface area contributed by atoms with Crippen molar-refractivity contribution in [2.75, 3.05) is 5.32 Å². The van der Waals surface area contributed by atoms with Crippen molar-refractivity contribution in [3.8, 4) is 5.75 Å². The normalized spacial score (nSPS) is 10.2. The third-order valence-electron chi connectivity index (χ3n) is 2.70. The first kappa shape index (κ1) is 15.8. The summed E-state index contributed by atoms with van der Waals surface area (Å²) < 4.78 is 0.786. The minimum Gasteiger partial charge on any atom is -0.507 e. The Morgan fingerprint density at radius 2 is 1.95 bits per heavy atom. The van der Waals surface area contributed by atoms with Gasteiger partial charge in [0.15, 0.2) is 0 Å². The molecule has 0 unspecified atom stereocenters. The van der Waals surface area contributed by atoms with Crippen molar-refractivity contribution in [2.24, 2.45) is 5.73 Å². The minimum atomic E-state index is -0.505. The van der Waals surface area contributed by atoms with Crippen LogP contribution in [0.3, 0.4) is 0 Å². The first-order valence-electron chi connectivity index (χ1n) is 5.77. The van der Waals surface area contributed by atoms with Crippen LogP contribution in [0.2, 0.25) is 5.02 Å². The van der Waals surface area contributed by atoms with Crippen LogP contribution in [-0.4, -0.2) is 16.0 Å². The van der Waals surface area contributed by atoms with Gasteiger partial charge < -0.3 is 16.2 Å². The van der Waals surface area contributed by atoms with E-state index in [1.54, 1.807) is 18.2 Å². The molecule has 1 amide bonds. The van der Waals surface area contributed by atoms with Gasteiger partial charge in [-0.2, -0.15) is 0 Å². The Morgan fingerprint density at radius 3 is 2.62 bits per heavy atom. The van der Waals surface area contributed by atoms with Crippen LogP contribution >= 0.6 is 39.7 Å².